The summed E-state index contributed by atoms with van der Waals surface area (Å²) in [6, 6.07) is 5.58. The van der Waals surface area contributed by atoms with Crippen LogP contribution in [0.2, 0.25) is 0 Å². The highest BCUT2D eigenvalue weighted by Crippen LogP contribution is 2.32. The second-order valence-corrected chi connectivity index (χ2v) is 5.31. The van der Waals surface area contributed by atoms with Crippen LogP contribution in [0, 0.1) is 0 Å². The number of urea groups is 1. The van der Waals surface area contributed by atoms with Gasteiger partial charge in [0.05, 0.1) is 0 Å². The van der Waals surface area contributed by atoms with Crippen molar-refractivity contribution in [1.82, 2.24) is 5.32 Å². The molecule has 0 unspecified atom stereocenters. The van der Waals surface area contributed by atoms with Crippen molar-refractivity contribution >= 4 is 17.7 Å². The molecule has 0 heterocycles. The maximum atomic E-state index is 11.0. The minimum atomic E-state index is -0.633. The smallest absolute Gasteiger partial charge is 0.318 e. The number of nitrogens with zero attached hydrogens (tertiary/aromatic N) is 1. The summed E-state index contributed by atoms with van der Waals surface area (Å²) in [4.78, 5) is 15.0. The molecule has 0 radical (unpaired) electrons. The quantitative estimate of drug-likeness (QED) is 0.586. The largest absolute Gasteiger partial charge is 0.351 e. The Morgan fingerprint density at radius 2 is 1.65 bits per heavy atom. The Bertz CT molecular complexity index is 480. The number of benzene rings is 1. The highest BCUT2D eigenvalue weighted by molar-refractivity contribution is 6.04. The second kappa shape index (κ2) is 6.93. The van der Waals surface area contributed by atoms with Gasteiger partial charge in [0.25, 0.3) is 0 Å². The number of hydrogen-bond donors (Lipinski definition) is 3. The molecule has 0 bridgehead atoms. The molecular weight excluding hydrogens is 252 g/mol. The van der Waals surface area contributed by atoms with Gasteiger partial charge in [0, 0.05) is 12.7 Å². The van der Waals surface area contributed by atoms with Gasteiger partial charge in [0.15, 0.2) is 0 Å². The van der Waals surface area contributed by atoms with Crippen molar-refractivity contribution in [2.24, 2.45) is 10.7 Å². The highest BCUT2D eigenvalue weighted by Gasteiger charge is 2.15. The zero-order valence-corrected chi connectivity index (χ0v) is 12.8. The number of aliphatic imine (C=N–C) groups is 1. The normalized spacial score (nSPS) is 11.8. The Kier molecular flexibility index (Phi) is 5.55. The Hall–Kier alpha value is -2.04. The van der Waals surface area contributed by atoms with Crippen LogP contribution >= 0.6 is 0 Å². The summed E-state index contributed by atoms with van der Waals surface area (Å²) in [7, 11) is 1.60. The maximum Gasteiger partial charge on any atom is 0.318 e. The van der Waals surface area contributed by atoms with Crippen molar-refractivity contribution in [2.45, 2.75) is 39.5 Å². The van der Waals surface area contributed by atoms with Gasteiger partial charge < -0.3 is 11.1 Å². The molecule has 4 N–H and O–H groups in total. The Labute approximate surface area is 120 Å². The topological polar surface area (TPSA) is 79.5 Å². The van der Waals surface area contributed by atoms with E-state index in [4.69, 9.17) is 5.73 Å². The van der Waals surface area contributed by atoms with Crippen LogP contribution in [0.5, 0.6) is 0 Å². The number of carbonyl (C=O) groups excluding carboxylic acids is 1. The molecule has 1 aromatic rings. The lowest BCUT2D eigenvalue weighted by atomic mass is 9.93. The molecule has 0 aromatic heterocycles. The summed E-state index contributed by atoms with van der Waals surface area (Å²) in [6.45, 7) is 8.54. The fraction of sp³-hybridized carbons (Fsp3) is 0.467. The third kappa shape index (κ3) is 3.98. The standard InChI is InChI=1S/C15H24N4O/c1-9(2)11-7-6-8-12(10(3)4)13(11)18-15(17-5)19-14(16)20/h6-10H,1-5H3,(H4,16,17,18,19,20). The second-order valence-electron chi connectivity index (χ2n) is 5.31. The number of anilines is 1. The van der Waals surface area contributed by atoms with E-state index in [1.165, 1.54) is 11.1 Å². The molecule has 0 saturated heterocycles. The lowest BCUT2D eigenvalue weighted by molar-refractivity contribution is 0.253. The average Bonchev–Trinajstić information content (AvgIpc) is 2.36. The van der Waals surface area contributed by atoms with Gasteiger partial charge in [-0.1, -0.05) is 45.9 Å². The predicted molar refractivity (Wildman–Crippen MR) is 84.3 cm³/mol. The average molecular weight is 276 g/mol. The van der Waals surface area contributed by atoms with Crippen LogP contribution in [0.1, 0.15) is 50.7 Å². The first-order chi connectivity index (χ1) is 9.36. The van der Waals surface area contributed by atoms with E-state index in [2.05, 4.69) is 61.5 Å². The number of amides is 2. The molecular formula is C15H24N4O. The third-order valence-electron chi connectivity index (χ3n) is 3.08. The van der Waals surface area contributed by atoms with Crippen LogP contribution in [-0.4, -0.2) is 19.0 Å². The van der Waals surface area contributed by atoms with E-state index in [9.17, 15) is 4.79 Å². The molecule has 2 amide bonds. The summed E-state index contributed by atoms with van der Waals surface area (Å²) in [5.74, 6) is 1.08. The lowest BCUT2D eigenvalue weighted by Gasteiger charge is -2.21. The molecule has 1 aromatic carbocycles. The van der Waals surface area contributed by atoms with E-state index in [1.54, 1.807) is 7.05 Å². The van der Waals surface area contributed by atoms with Crippen LogP contribution in [-0.2, 0) is 0 Å². The van der Waals surface area contributed by atoms with Crippen molar-refractivity contribution in [3.05, 3.63) is 29.3 Å². The van der Waals surface area contributed by atoms with Gasteiger partial charge in [-0.2, -0.15) is 0 Å². The molecule has 0 aliphatic rings. The van der Waals surface area contributed by atoms with Crippen LogP contribution in [0.25, 0.3) is 0 Å². The summed E-state index contributed by atoms with van der Waals surface area (Å²) in [6.07, 6.45) is 0. The van der Waals surface area contributed by atoms with E-state index in [0.29, 0.717) is 17.8 Å². The lowest BCUT2D eigenvalue weighted by Crippen LogP contribution is -2.39. The summed E-state index contributed by atoms with van der Waals surface area (Å²) in [5.41, 5.74) is 8.51. The van der Waals surface area contributed by atoms with Crippen LogP contribution in [0.3, 0.4) is 0 Å². The van der Waals surface area contributed by atoms with Crippen molar-refractivity contribution in [3.63, 3.8) is 0 Å². The van der Waals surface area contributed by atoms with E-state index in [-0.39, 0.29) is 0 Å². The van der Waals surface area contributed by atoms with Crippen LogP contribution in [0.4, 0.5) is 10.5 Å². The van der Waals surface area contributed by atoms with Gasteiger partial charge in [0.2, 0.25) is 5.96 Å². The molecule has 0 spiro atoms. The minimum absolute atomic E-state index is 0.354. The molecule has 0 atom stereocenters. The number of rotatable bonds is 3. The van der Waals surface area contributed by atoms with Crippen molar-refractivity contribution in [3.8, 4) is 0 Å². The van der Waals surface area contributed by atoms with Crippen molar-refractivity contribution in [2.75, 3.05) is 12.4 Å². The Balaban J connectivity index is 3.22. The minimum Gasteiger partial charge on any atom is -0.351 e. The van der Waals surface area contributed by atoms with Gasteiger partial charge in [-0.15, -0.1) is 0 Å². The number of carbonyl (C=O) groups is 1. The fourth-order valence-electron chi connectivity index (χ4n) is 2.07. The van der Waals surface area contributed by atoms with Crippen molar-refractivity contribution in [1.29, 1.82) is 0 Å². The number of primary amides is 1. The molecule has 20 heavy (non-hydrogen) atoms. The number of hydrogen-bond acceptors (Lipinski definition) is 2. The zero-order valence-electron chi connectivity index (χ0n) is 12.8. The Morgan fingerprint density at radius 3 is 2.00 bits per heavy atom. The van der Waals surface area contributed by atoms with E-state index >= 15 is 0 Å². The number of nitrogens with two attached hydrogens (primary N) is 1. The molecule has 110 valence electrons. The summed E-state index contributed by atoms with van der Waals surface area (Å²) in [5, 5.41) is 5.69. The van der Waals surface area contributed by atoms with Gasteiger partial charge in [-0.25, -0.2) is 4.79 Å². The molecule has 0 aliphatic carbocycles. The molecule has 0 aliphatic heterocycles. The summed E-state index contributed by atoms with van der Waals surface area (Å²) < 4.78 is 0. The van der Waals surface area contributed by atoms with Gasteiger partial charge in [0.1, 0.15) is 0 Å². The molecule has 0 fully saturated rings. The number of guanidine groups is 1. The molecule has 5 heteroatoms. The molecule has 1 rings (SSSR count). The maximum absolute atomic E-state index is 11.0. The third-order valence-corrected chi connectivity index (χ3v) is 3.08. The molecule has 0 saturated carbocycles. The first-order valence-corrected chi connectivity index (χ1v) is 6.79. The van der Waals surface area contributed by atoms with Gasteiger partial charge in [-0.3, -0.25) is 10.3 Å². The first-order valence-electron chi connectivity index (χ1n) is 6.79. The van der Waals surface area contributed by atoms with Gasteiger partial charge >= 0.3 is 6.03 Å². The van der Waals surface area contributed by atoms with Crippen molar-refractivity contribution < 1.29 is 4.79 Å². The fourth-order valence-corrected chi connectivity index (χ4v) is 2.07. The molecule has 5 nitrogen and oxygen atoms in total. The first kappa shape index (κ1) is 16.0. The van der Waals surface area contributed by atoms with Crippen LogP contribution in [0.15, 0.2) is 23.2 Å². The van der Waals surface area contributed by atoms with E-state index in [1.807, 2.05) is 0 Å². The highest BCUT2D eigenvalue weighted by atomic mass is 16.2. The zero-order chi connectivity index (χ0) is 15.3. The number of nitrogens with one attached hydrogen (secondary N) is 2. The van der Waals surface area contributed by atoms with Crippen LogP contribution < -0.4 is 16.4 Å². The van der Waals surface area contributed by atoms with E-state index in [0.717, 1.165) is 5.69 Å². The van der Waals surface area contributed by atoms with Gasteiger partial charge in [-0.05, 0) is 23.0 Å². The SMILES string of the molecule is CN=C(NC(N)=O)Nc1c(C(C)C)cccc1C(C)C. The monoisotopic (exact) mass is 276 g/mol. The Morgan fingerprint density at radius 1 is 1.15 bits per heavy atom. The van der Waals surface area contributed by atoms with E-state index < -0.39 is 6.03 Å². The predicted octanol–water partition coefficient (Wildman–Crippen LogP) is 3.00. The number of para-hydroxylation sites is 1. The summed E-state index contributed by atoms with van der Waals surface area (Å²) >= 11 is 0.